The van der Waals surface area contributed by atoms with Gasteiger partial charge < -0.3 is 23.9 Å². The predicted molar refractivity (Wildman–Crippen MR) is 97.0 cm³/mol. The lowest BCUT2D eigenvalue weighted by Gasteiger charge is -2.09. The van der Waals surface area contributed by atoms with Crippen LogP contribution in [-0.2, 0) is 6.54 Å². The van der Waals surface area contributed by atoms with Crippen LogP contribution in [0.2, 0.25) is 0 Å². The summed E-state index contributed by atoms with van der Waals surface area (Å²) in [5.74, 6) is 1.52. The van der Waals surface area contributed by atoms with Gasteiger partial charge in [-0.1, -0.05) is 18.2 Å². The van der Waals surface area contributed by atoms with Crippen LogP contribution in [0.3, 0.4) is 0 Å². The summed E-state index contributed by atoms with van der Waals surface area (Å²) >= 11 is 0. The van der Waals surface area contributed by atoms with Gasteiger partial charge in [-0.15, -0.1) is 0 Å². The van der Waals surface area contributed by atoms with E-state index in [4.69, 9.17) is 24.0 Å². The van der Waals surface area contributed by atoms with E-state index in [0.29, 0.717) is 41.4 Å². The molecule has 138 valence electrons. The van der Waals surface area contributed by atoms with Crippen molar-refractivity contribution in [1.29, 1.82) is 5.41 Å². The normalized spacial score (nSPS) is 12.2. The molecule has 4 rings (SSSR count). The van der Waals surface area contributed by atoms with Gasteiger partial charge in [0.25, 0.3) is 5.91 Å². The van der Waals surface area contributed by atoms with Gasteiger partial charge in [0.05, 0.1) is 6.61 Å². The molecule has 3 aromatic rings. The van der Waals surface area contributed by atoms with Crippen LogP contribution in [0.25, 0.3) is 11.0 Å². The van der Waals surface area contributed by atoms with Crippen LogP contribution >= 0.6 is 0 Å². The summed E-state index contributed by atoms with van der Waals surface area (Å²) in [6.07, 6.45) is 0. The first-order valence-electron chi connectivity index (χ1n) is 8.56. The van der Waals surface area contributed by atoms with E-state index in [1.807, 2.05) is 31.2 Å². The molecule has 0 bridgehead atoms. The van der Waals surface area contributed by atoms with Gasteiger partial charge in [-0.05, 0) is 36.8 Å². The lowest BCUT2D eigenvalue weighted by Crippen LogP contribution is -2.27. The van der Waals surface area contributed by atoms with Gasteiger partial charge in [0.1, 0.15) is 5.56 Å². The molecule has 0 saturated heterocycles. The molecule has 0 fully saturated rings. The highest BCUT2D eigenvalue weighted by Crippen LogP contribution is 2.32. The first-order valence-corrected chi connectivity index (χ1v) is 8.56. The Morgan fingerprint density at radius 1 is 1.19 bits per heavy atom. The molecule has 2 heterocycles. The number of carbonyl (C=O) groups is 1. The van der Waals surface area contributed by atoms with Crippen LogP contribution in [0.4, 0.5) is 0 Å². The number of amides is 1. The Morgan fingerprint density at radius 3 is 2.89 bits per heavy atom. The quantitative estimate of drug-likeness (QED) is 0.724. The second kappa shape index (κ2) is 7.03. The van der Waals surface area contributed by atoms with Crippen LogP contribution < -0.4 is 25.1 Å². The number of rotatable bonds is 5. The molecular weight excluding hydrogens is 348 g/mol. The average molecular weight is 366 g/mol. The SMILES string of the molecule is CCOc1cccc2cc(C(=O)NCc3ccc4c(c3)OCO4)c(=N)oc12. The van der Waals surface area contributed by atoms with Crippen molar-refractivity contribution in [3.05, 3.63) is 59.1 Å². The Kier molecular flexibility index (Phi) is 4.42. The van der Waals surface area contributed by atoms with Gasteiger partial charge in [0, 0.05) is 11.9 Å². The number of carbonyl (C=O) groups excluding carboxylic acids is 1. The Labute approximate surface area is 155 Å². The molecule has 7 heteroatoms. The second-order valence-electron chi connectivity index (χ2n) is 5.97. The molecular formula is C20H18N2O5. The molecule has 0 unspecified atom stereocenters. The fourth-order valence-electron chi connectivity index (χ4n) is 2.90. The monoisotopic (exact) mass is 366 g/mol. The van der Waals surface area contributed by atoms with E-state index < -0.39 is 0 Å². The molecule has 1 aliphatic rings. The van der Waals surface area contributed by atoms with Gasteiger partial charge >= 0.3 is 0 Å². The maximum absolute atomic E-state index is 12.5. The van der Waals surface area contributed by atoms with Crippen molar-refractivity contribution in [2.24, 2.45) is 0 Å². The van der Waals surface area contributed by atoms with E-state index in [1.54, 1.807) is 18.2 Å². The van der Waals surface area contributed by atoms with Crippen molar-refractivity contribution in [3.8, 4) is 17.2 Å². The van der Waals surface area contributed by atoms with E-state index in [-0.39, 0.29) is 23.8 Å². The lowest BCUT2D eigenvalue weighted by molar-refractivity contribution is 0.0946. The standard InChI is InChI=1S/C20H18N2O5/c1-2-24-16-5-3-4-13-9-14(19(21)27-18(13)16)20(23)22-10-12-6-7-15-17(8-12)26-11-25-15/h3-9,21H,2,10-11H2,1H3,(H,22,23). The number of para-hydroxylation sites is 1. The zero-order chi connectivity index (χ0) is 18.8. The Balaban J connectivity index is 1.55. The van der Waals surface area contributed by atoms with Crippen molar-refractivity contribution in [3.63, 3.8) is 0 Å². The van der Waals surface area contributed by atoms with Crippen molar-refractivity contribution in [2.75, 3.05) is 13.4 Å². The Morgan fingerprint density at radius 2 is 2.04 bits per heavy atom. The zero-order valence-electron chi connectivity index (χ0n) is 14.7. The minimum absolute atomic E-state index is 0.164. The molecule has 1 aliphatic heterocycles. The van der Waals surface area contributed by atoms with Gasteiger partial charge in [-0.2, -0.15) is 0 Å². The first kappa shape index (κ1) is 17.0. The van der Waals surface area contributed by atoms with Gasteiger partial charge in [-0.25, -0.2) is 0 Å². The largest absolute Gasteiger partial charge is 0.490 e. The van der Waals surface area contributed by atoms with Gasteiger partial charge in [0.15, 0.2) is 22.8 Å². The molecule has 2 aromatic carbocycles. The lowest BCUT2D eigenvalue weighted by atomic mass is 10.1. The van der Waals surface area contributed by atoms with E-state index in [9.17, 15) is 4.79 Å². The topological polar surface area (TPSA) is 93.8 Å². The van der Waals surface area contributed by atoms with Crippen LogP contribution in [-0.4, -0.2) is 19.3 Å². The first-order chi connectivity index (χ1) is 13.2. The third kappa shape index (κ3) is 3.31. The number of benzene rings is 2. The molecule has 0 spiro atoms. The maximum Gasteiger partial charge on any atom is 0.257 e. The fraction of sp³-hybridized carbons (Fsp3) is 0.200. The summed E-state index contributed by atoms with van der Waals surface area (Å²) in [4.78, 5) is 12.5. The zero-order valence-corrected chi connectivity index (χ0v) is 14.7. The summed E-state index contributed by atoms with van der Waals surface area (Å²) < 4.78 is 21.7. The van der Waals surface area contributed by atoms with Crippen molar-refractivity contribution >= 4 is 16.9 Å². The van der Waals surface area contributed by atoms with E-state index in [2.05, 4.69) is 5.32 Å². The van der Waals surface area contributed by atoms with Gasteiger partial charge in [-0.3, -0.25) is 10.2 Å². The molecule has 2 N–H and O–H groups in total. The van der Waals surface area contributed by atoms with Crippen LogP contribution in [0.1, 0.15) is 22.8 Å². The molecule has 0 aliphatic carbocycles. The summed E-state index contributed by atoms with van der Waals surface area (Å²) in [5.41, 5.74) is 1.28. The summed E-state index contributed by atoms with van der Waals surface area (Å²) in [6.45, 7) is 2.86. The molecule has 7 nitrogen and oxygen atoms in total. The highest BCUT2D eigenvalue weighted by atomic mass is 16.7. The van der Waals surface area contributed by atoms with E-state index in [1.165, 1.54) is 0 Å². The van der Waals surface area contributed by atoms with Crippen molar-refractivity contribution in [1.82, 2.24) is 5.32 Å². The number of hydrogen-bond acceptors (Lipinski definition) is 6. The summed E-state index contributed by atoms with van der Waals surface area (Å²) in [6, 6.07) is 12.5. The molecule has 0 saturated carbocycles. The van der Waals surface area contributed by atoms with Crippen LogP contribution in [0, 0.1) is 5.41 Å². The second-order valence-corrected chi connectivity index (χ2v) is 5.97. The van der Waals surface area contributed by atoms with E-state index in [0.717, 1.165) is 5.56 Å². The van der Waals surface area contributed by atoms with E-state index >= 15 is 0 Å². The van der Waals surface area contributed by atoms with Crippen LogP contribution in [0.15, 0.2) is 46.9 Å². The smallest absolute Gasteiger partial charge is 0.257 e. The van der Waals surface area contributed by atoms with Gasteiger partial charge in [0.2, 0.25) is 12.3 Å². The molecule has 0 radical (unpaired) electrons. The molecule has 1 amide bonds. The molecule has 27 heavy (non-hydrogen) atoms. The predicted octanol–water partition coefficient (Wildman–Crippen LogP) is 2.97. The number of nitrogens with one attached hydrogen (secondary N) is 2. The number of hydrogen-bond donors (Lipinski definition) is 2. The number of fused-ring (bicyclic) bond motifs is 2. The Hall–Kier alpha value is -3.48. The fourth-order valence-corrected chi connectivity index (χ4v) is 2.90. The van der Waals surface area contributed by atoms with Crippen molar-refractivity contribution < 1.29 is 23.4 Å². The third-order valence-corrected chi connectivity index (χ3v) is 4.19. The average Bonchev–Trinajstić information content (AvgIpc) is 3.14. The Bertz CT molecular complexity index is 1070. The summed E-state index contributed by atoms with van der Waals surface area (Å²) in [5, 5.41) is 11.6. The summed E-state index contributed by atoms with van der Waals surface area (Å²) in [7, 11) is 0. The number of ether oxygens (including phenoxy) is 3. The molecule has 1 aromatic heterocycles. The minimum atomic E-state index is -0.384. The van der Waals surface area contributed by atoms with Crippen LogP contribution in [0.5, 0.6) is 17.2 Å². The highest BCUT2D eigenvalue weighted by molar-refractivity contribution is 5.97. The highest BCUT2D eigenvalue weighted by Gasteiger charge is 2.16. The maximum atomic E-state index is 12.5. The third-order valence-electron chi connectivity index (χ3n) is 4.19. The minimum Gasteiger partial charge on any atom is -0.490 e. The molecule has 0 atom stereocenters. The van der Waals surface area contributed by atoms with Crippen molar-refractivity contribution in [2.45, 2.75) is 13.5 Å².